The number of furan rings is 1. The van der Waals surface area contributed by atoms with Crippen molar-refractivity contribution in [1.82, 2.24) is 0 Å². The van der Waals surface area contributed by atoms with Crippen LogP contribution in [-0.2, 0) is 0 Å². The second-order valence-electron chi connectivity index (χ2n) is 4.36. The monoisotopic (exact) mass is 266 g/mol. The summed E-state index contributed by atoms with van der Waals surface area (Å²) < 4.78 is 5.97. The van der Waals surface area contributed by atoms with Gasteiger partial charge in [-0.1, -0.05) is 60.3 Å². The molecule has 0 spiro atoms. The molecule has 0 saturated heterocycles. The zero-order chi connectivity index (χ0) is 13.1. The lowest BCUT2D eigenvalue weighted by Gasteiger charge is -1.99. The fraction of sp³-hybridized carbons (Fsp3) is 0.0588. The minimum atomic E-state index is 0.927. The molecule has 0 bridgehead atoms. The second-order valence-corrected chi connectivity index (χ2v) is 5.41. The Morgan fingerprint density at radius 1 is 0.842 bits per heavy atom. The summed E-state index contributed by atoms with van der Waals surface area (Å²) in [5.74, 6) is 0.927. The number of aryl methyl sites for hydroxylation is 1. The zero-order valence-corrected chi connectivity index (χ0v) is 11.5. The zero-order valence-electron chi connectivity index (χ0n) is 10.7. The molecular weight excluding hydrogens is 252 g/mol. The first kappa shape index (κ1) is 12.1. The van der Waals surface area contributed by atoms with E-state index in [1.165, 1.54) is 10.5 Å². The smallest absolute Gasteiger partial charge is 0.168 e. The van der Waals surface area contributed by atoms with Crippen molar-refractivity contribution in [2.24, 2.45) is 0 Å². The number of hydrogen-bond acceptors (Lipinski definition) is 2. The van der Waals surface area contributed by atoms with Crippen molar-refractivity contribution in [1.29, 1.82) is 0 Å². The van der Waals surface area contributed by atoms with Gasteiger partial charge in [-0.3, -0.25) is 0 Å². The van der Waals surface area contributed by atoms with E-state index in [2.05, 4.69) is 37.3 Å². The average Bonchev–Trinajstić information content (AvgIpc) is 2.82. The molecule has 0 atom stereocenters. The summed E-state index contributed by atoms with van der Waals surface area (Å²) >= 11 is 1.66. The SMILES string of the molecule is Cc1cc(-c2ccccc2)oc1Sc1ccccc1. The van der Waals surface area contributed by atoms with Crippen molar-refractivity contribution in [3.05, 3.63) is 72.3 Å². The van der Waals surface area contributed by atoms with E-state index in [1.54, 1.807) is 11.8 Å². The molecule has 0 aliphatic heterocycles. The topological polar surface area (TPSA) is 13.1 Å². The highest BCUT2D eigenvalue weighted by Crippen LogP contribution is 2.35. The second kappa shape index (κ2) is 5.37. The Morgan fingerprint density at radius 2 is 1.47 bits per heavy atom. The number of benzene rings is 2. The molecule has 2 aromatic carbocycles. The van der Waals surface area contributed by atoms with Crippen LogP contribution in [0.25, 0.3) is 11.3 Å². The highest BCUT2D eigenvalue weighted by atomic mass is 32.2. The fourth-order valence-electron chi connectivity index (χ4n) is 1.91. The van der Waals surface area contributed by atoms with Crippen LogP contribution in [0.15, 0.2) is 81.1 Å². The van der Waals surface area contributed by atoms with Gasteiger partial charge in [-0.15, -0.1) is 0 Å². The van der Waals surface area contributed by atoms with Crippen molar-refractivity contribution in [3.8, 4) is 11.3 Å². The van der Waals surface area contributed by atoms with E-state index in [0.717, 1.165) is 16.4 Å². The maximum absolute atomic E-state index is 5.97. The number of hydrogen-bond donors (Lipinski definition) is 0. The van der Waals surface area contributed by atoms with Gasteiger partial charge in [0.25, 0.3) is 0 Å². The van der Waals surface area contributed by atoms with Crippen LogP contribution >= 0.6 is 11.8 Å². The molecule has 1 nitrogen and oxygen atoms in total. The van der Waals surface area contributed by atoms with Crippen LogP contribution in [0.4, 0.5) is 0 Å². The third-order valence-corrected chi connectivity index (χ3v) is 3.98. The molecule has 0 unspecified atom stereocenters. The first-order valence-corrected chi connectivity index (χ1v) is 7.03. The third kappa shape index (κ3) is 2.74. The van der Waals surface area contributed by atoms with Crippen LogP contribution in [0.5, 0.6) is 0 Å². The first-order valence-electron chi connectivity index (χ1n) is 6.22. The molecule has 94 valence electrons. The molecule has 1 aromatic heterocycles. The van der Waals surface area contributed by atoms with Crippen molar-refractivity contribution in [2.45, 2.75) is 16.9 Å². The van der Waals surface area contributed by atoms with Crippen LogP contribution in [0.1, 0.15) is 5.56 Å². The van der Waals surface area contributed by atoms with Gasteiger partial charge in [0, 0.05) is 16.0 Å². The van der Waals surface area contributed by atoms with Gasteiger partial charge in [-0.25, -0.2) is 0 Å². The molecule has 0 radical (unpaired) electrons. The Hall–Kier alpha value is -1.93. The predicted molar refractivity (Wildman–Crippen MR) is 79.4 cm³/mol. The quantitative estimate of drug-likeness (QED) is 0.629. The highest BCUT2D eigenvalue weighted by molar-refractivity contribution is 7.99. The summed E-state index contributed by atoms with van der Waals surface area (Å²) in [4.78, 5) is 1.19. The molecule has 3 rings (SSSR count). The van der Waals surface area contributed by atoms with E-state index >= 15 is 0 Å². The molecule has 0 aliphatic carbocycles. The third-order valence-electron chi connectivity index (χ3n) is 2.88. The summed E-state index contributed by atoms with van der Waals surface area (Å²) in [7, 11) is 0. The molecule has 1 heterocycles. The molecular formula is C17H14OS. The lowest BCUT2D eigenvalue weighted by Crippen LogP contribution is -1.71. The van der Waals surface area contributed by atoms with Crippen molar-refractivity contribution < 1.29 is 4.42 Å². The van der Waals surface area contributed by atoms with Gasteiger partial charge in [0.05, 0.1) is 0 Å². The molecule has 2 heteroatoms. The first-order chi connectivity index (χ1) is 9.33. The van der Waals surface area contributed by atoms with Gasteiger partial charge in [0.15, 0.2) is 5.09 Å². The maximum atomic E-state index is 5.97. The van der Waals surface area contributed by atoms with E-state index in [9.17, 15) is 0 Å². The van der Waals surface area contributed by atoms with Gasteiger partial charge in [0.2, 0.25) is 0 Å². The molecule has 3 aromatic rings. The number of rotatable bonds is 3. The highest BCUT2D eigenvalue weighted by Gasteiger charge is 2.10. The Bertz CT molecular complexity index is 656. The van der Waals surface area contributed by atoms with Crippen molar-refractivity contribution >= 4 is 11.8 Å². The fourth-order valence-corrected chi connectivity index (χ4v) is 2.77. The Balaban J connectivity index is 1.90. The normalized spacial score (nSPS) is 10.6. The summed E-state index contributed by atoms with van der Waals surface area (Å²) in [6.07, 6.45) is 0. The van der Waals surface area contributed by atoms with Crippen LogP contribution < -0.4 is 0 Å². The van der Waals surface area contributed by atoms with Gasteiger partial charge in [-0.05, 0) is 25.1 Å². The standard InChI is InChI=1S/C17H14OS/c1-13-12-16(14-8-4-2-5-9-14)18-17(13)19-15-10-6-3-7-11-15/h2-12H,1H3. The van der Waals surface area contributed by atoms with Gasteiger partial charge in [0.1, 0.15) is 5.76 Å². The Kier molecular flexibility index (Phi) is 3.43. The summed E-state index contributed by atoms with van der Waals surface area (Å²) in [5.41, 5.74) is 2.29. The van der Waals surface area contributed by atoms with E-state index in [0.29, 0.717) is 0 Å². The van der Waals surface area contributed by atoms with E-state index < -0.39 is 0 Å². The average molecular weight is 266 g/mol. The molecule has 0 N–H and O–H groups in total. The minimum Gasteiger partial charge on any atom is -0.449 e. The maximum Gasteiger partial charge on any atom is 0.168 e. The van der Waals surface area contributed by atoms with Crippen molar-refractivity contribution in [2.75, 3.05) is 0 Å². The van der Waals surface area contributed by atoms with Crippen LogP contribution in [0.2, 0.25) is 0 Å². The van der Waals surface area contributed by atoms with Crippen LogP contribution in [-0.4, -0.2) is 0 Å². The van der Waals surface area contributed by atoms with Gasteiger partial charge >= 0.3 is 0 Å². The van der Waals surface area contributed by atoms with Gasteiger partial charge in [-0.2, -0.15) is 0 Å². The van der Waals surface area contributed by atoms with E-state index in [1.807, 2.05) is 36.4 Å². The molecule has 0 amide bonds. The lowest BCUT2D eigenvalue weighted by atomic mass is 10.2. The largest absolute Gasteiger partial charge is 0.449 e. The summed E-state index contributed by atoms with van der Waals surface area (Å²) in [6, 6.07) is 22.6. The van der Waals surface area contributed by atoms with Gasteiger partial charge < -0.3 is 4.42 Å². The van der Waals surface area contributed by atoms with E-state index in [4.69, 9.17) is 4.42 Å². The molecule has 0 saturated carbocycles. The lowest BCUT2D eigenvalue weighted by molar-refractivity contribution is 0.484. The summed E-state index contributed by atoms with van der Waals surface area (Å²) in [5, 5.41) is 0.963. The summed E-state index contributed by atoms with van der Waals surface area (Å²) in [6.45, 7) is 2.08. The van der Waals surface area contributed by atoms with Crippen molar-refractivity contribution in [3.63, 3.8) is 0 Å². The Labute approximate surface area is 117 Å². The molecule has 0 aliphatic rings. The molecule has 19 heavy (non-hydrogen) atoms. The van der Waals surface area contributed by atoms with E-state index in [-0.39, 0.29) is 0 Å². The van der Waals surface area contributed by atoms with Crippen LogP contribution in [0, 0.1) is 6.92 Å². The van der Waals surface area contributed by atoms with Crippen LogP contribution in [0.3, 0.4) is 0 Å². The predicted octanol–water partition coefficient (Wildman–Crippen LogP) is 5.41. The minimum absolute atomic E-state index is 0.927. The molecule has 0 fully saturated rings. The Morgan fingerprint density at radius 3 is 2.16 bits per heavy atom.